The van der Waals surface area contributed by atoms with Crippen molar-refractivity contribution in [2.75, 3.05) is 0 Å². The van der Waals surface area contributed by atoms with E-state index in [0.717, 1.165) is 0 Å². The van der Waals surface area contributed by atoms with Gasteiger partial charge in [-0.25, -0.2) is 4.79 Å². The lowest BCUT2D eigenvalue weighted by Crippen LogP contribution is -2.40. The van der Waals surface area contributed by atoms with Crippen molar-refractivity contribution in [2.24, 2.45) is 5.92 Å². The smallest absolute Gasteiger partial charge is 0.327 e. The summed E-state index contributed by atoms with van der Waals surface area (Å²) < 4.78 is 0. The average Bonchev–Trinajstić information content (AvgIpc) is 1.98. The van der Waals surface area contributed by atoms with Gasteiger partial charge in [-0.05, 0) is 6.92 Å². The molecular formula is C6H8N2O3. The number of hydrogen-bond acceptors (Lipinski definition) is 3. The molecule has 0 aromatic rings. The first-order valence-electron chi connectivity index (χ1n) is 2.95. The molecule has 0 heterocycles. The van der Waals surface area contributed by atoms with Crippen LogP contribution in [0.2, 0.25) is 0 Å². The van der Waals surface area contributed by atoms with Crippen molar-refractivity contribution >= 4 is 12.4 Å². The van der Waals surface area contributed by atoms with Crippen LogP contribution in [0.15, 0.2) is 0 Å². The zero-order valence-corrected chi connectivity index (χ0v) is 5.94. The number of nitrogens with one attached hydrogen (secondary N) is 1. The third-order valence-electron chi connectivity index (χ3n) is 1.22. The van der Waals surface area contributed by atoms with E-state index in [1.54, 1.807) is 6.07 Å². The Morgan fingerprint density at radius 1 is 1.82 bits per heavy atom. The zero-order valence-electron chi connectivity index (χ0n) is 5.94. The molecule has 0 aliphatic heterocycles. The third-order valence-corrected chi connectivity index (χ3v) is 1.22. The molecule has 0 aliphatic rings. The molecule has 0 rings (SSSR count). The van der Waals surface area contributed by atoms with Crippen molar-refractivity contribution in [3.8, 4) is 6.07 Å². The lowest BCUT2D eigenvalue weighted by atomic mass is 10.0. The minimum absolute atomic E-state index is 0.270. The maximum Gasteiger partial charge on any atom is 0.327 e. The van der Waals surface area contributed by atoms with Gasteiger partial charge in [0.1, 0.15) is 6.04 Å². The molecule has 0 radical (unpaired) electrons. The van der Waals surface area contributed by atoms with Crippen LogP contribution in [0.3, 0.4) is 0 Å². The van der Waals surface area contributed by atoms with Gasteiger partial charge in [0.05, 0.1) is 12.0 Å². The molecule has 0 aromatic heterocycles. The summed E-state index contributed by atoms with van der Waals surface area (Å²) in [6, 6.07) is 0.616. The molecule has 0 aromatic carbocycles. The van der Waals surface area contributed by atoms with E-state index in [4.69, 9.17) is 10.4 Å². The summed E-state index contributed by atoms with van der Waals surface area (Å²) in [5, 5.41) is 18.8. The van der Waals surface area contributed by atoms with Crippen molar-refractivity contribution in [3.05, 3.63) is 0 Å². The normalized spacial score (nSPS) is 14.2. The first-order valence-corrected chi connectivity index (χ1v) is 2.95. The minimum Gasteiger partial charge on any atom is -0.480 e. The number of rotatable bonds is 4. The van der Waals surface area contributed by atoms with Gasteiger partial charge in [0.15, 0.2) is 0 Å². The molecule has 5 nitrogen and oxygen atoms in total. The number of carbonyl (C=O) groups excluding carboxylic acids is 1. The van der Waals surface area contributed by atoms with Crippen LogP contribution in [0, 0.1) is 17.2 Å². The number of carboxylic acids is 1. The highest BCUT2D eigenvalue weighted by Gasteiger charge is 2.23. The number of amides is 1. The van der Waals surface area contributed by atoms with Gasteiger partial charge in [0.25, 0.3) is 0 Å². The Balaban J connectivity index is 4.22. The summed E-state index contributed by atoms with van der Waals surface area (Å²) in [6.45, 7) is 1.43. The van der Waals surface area contributed by atoms with Gasteiger partial charge in [-0.15, -0.1) is 0 Å². The fourth-order valence-electron chi connectivity index (χ4n) is 0.577. The maximum absolute atomic E-state index is 10.3. The van der Waals surface area contributed by atoms with E-state index in [-0.39, 0.29) is 6.41 Å². The van der Waals surface area contributed by atoms with E-state index < -0.39 is 17.9 Å². The first kappa shape index (κ1) is 9.43. The van der Waals surface area contributed by atoms with Gasteiger partial charge < -0.3 is 10.4 Å². The van der Waals surface area contributed by atoms with E-state index in [0.29, 0.717) is 0 Å². The van der Waals surface area contributed by atoms with E-state index in [2.05, 4.69) is 0 Å². The fourth-order valence-corrected chi connectivity index (χ4v) is 0.577. The average molecular weight is 156 g/mol. The van der Waals surface area contributed by atoms with Crippen LogP contribution in [-0.2, 0) is 9.59 Å². The van der Waals surface area contributed by atoms with Gasteiger partial charge in [-0.2, -0.15) is 5.26 Å². The summed E-state index contributed by atoms with van der Waals surface area (Å²) in [6.07, 6.45) is 0.270. The van der Waals surface area contributed by atoms with Crippen LogP contribution in [-0.4, -0.2) is 23.5 Å². The monoisotopic (exact) mass is 156 g/mol. The number of aliphatic carboxylic acids is 1. The molecule has 0 saturated heterocycles. The molecule has 1 amide bonds. The number of nitriles is 1. The molecule has 5 heteroatoms. The molecule has 0 aliphatic carbocycles. The van der Waals surface area contributed by atoms with Gasteiger partial charge in [-0.3, -0.25) is 4.79 Å². The Labute approximate surface area is 63.6 Å². The first-order chi connectivity index (χ1) is 5.13. The molecule has 2 atom stereocenters. The second-order valence-electron chi connectivity index (χ2n) is 2.02. The Bertz CT molecular complexity index is 196. The molecule has 0 saturated carbocycles. The van der Waals surface area contributed by atoms with Crippen molar-refractivity contribution in [1.82, 2.24) is 5.32 Å². The fraction of sp³-hybridized carbons (Fsp3) is 0.500. The third kappa shape index (κ3) is 2.67. The Morgan fingerprint density at radius 3 is 2.64 bits per heavy atom. The number of carboxylic acid groups (broad SMARTS) is 1. The number of hydrogen-bond donors (Lipinski definition) is 2. The van der Waals surface area contributed by atoms with E-state index >= 15 is 0 Å². The molecule has 0 fully saturated rings. The highest BCUT2D eigenvalue weighted by atomic mass is 16.4. The van der Waals surface area contributed by atoms with E-state index in [1.165, 1.54) is 6.92 Å². The second-order valence-corrected chi connectivity index (χ2v) is 2.02. The van der Waals surface area contributed by atoms with Gasteiger partial charge in [0.2, 0.25) is 6.41 Å². The summed E-state index contributed by atoms with van der Waals surface area (Å²) in [5.41, 5.74) is 0. The minimum atomic E-state index is -1.20. The molecule has 0 bridgehead atoms. The van der Waals surface area contributed by atoms with E-state index in [1.807, 2.05) is 5.32 Å². The lowest BCUT2D eigenvalue weighted by Gasteiger charge is -2.11. The lowest BCUT2D eigenvalue weighted by molar-refractivity contribution is -0.141. The van der Waals surface area contributed by atoms with Crippen LogP contribution < -0.4 is 5.32 Å². The highest BCUT2D eigenvalue weighted by Crippen LogP contribution is 1.99. The predicted molar refractivity (Wildman–Crippen MR) is 35.4 cm³/mol. The van der Waals surface area contributed by atoms with Gasteiger partial charge in [-0.1, -0.05) is 0 Å². The van der Waals surface area contributed by atoms with Crippen LogP contribution in [0.5, 0.6) is 0 Å². The number of nitrogens with zero attached hydrogens (tertiary/aromatic N) is 1. The predicted octanol–water partition coefficient (Wildman–Crippen LogP) is -0.655. The topological polar surface area (TPSA) is 90.2 Å². The van der Waals surface area contributed by atoms with Gasteiger partial charge in [0, 0.05) is 0 Å². The SMILES string of the molecule is CC(C#N)C(NC=O)C(=O)O. The van der Waals surface area contributed by atoms with E-state index in [9.17, 15) is 9.59 Å². The van der Waals surface area contributed by atoms with Crippen molar-refractivity contribution < 1.29 is 14.7 Å². The summed E-state index contributed by atoms with van der Waals surface area (Å²) in [4.78, 5) is 20.2. The van der Waals surface area contributed by atoms with Crippen molar-refractivity contribution in [2.45, 2.75) is 13.0 Å². The Morgan fingerprint density at radius 2 is 2.36 bits per heavy atom. The van der Waals surface area contributed by atoms with Crippen molar-refractivity contribution in [1.29, 1.82) is 5.26 Å². The molecule has 60 valence electrons. The summed E-state index contributed by atoms with van der Waals surface area (Å²) >= 11 is 0. The molecule has 2 unspecified atom stereocenters. The maximum atomic E-state index is 10.3. The number of carbonyl (C=O) groups is 2. The van der Waals surface area contributed by atoms with Crippen LogP contribution in [0.25, 0.3) is 0 Å². The van der Waals surface area contributed by atoms with Crippen molar-refractivity contribution in [3.63, 3.8) is 0 Å². The second kappa shape index (κ2) is 4.28. The molecule has 2 N–H and O–H groups in total. The standard InChI is InChI=1S/C6H8N2O3/c1-4(2-7)5(6(10)11)8-3-9/h3-5H,1H3,(H,8,9)(H,10,11). The molecular weight excluding hydrogens is 148 g/mol. The highest BCUT2D eigenvalue weighted by molar-refractivity contribution is 5.76. The van der Waals surface area contributed by atoms with Gasteiger partial charge >= 0.3 is 5.97 Å². The van der Waals surface area contributed by atoms with Crippen LogP contribution >= 0.6 is 0 Å². The van der Waals surface area contributed by atoms with Crippen LogP contribution in [0.4, 0.5) is 0 Å². The molecule has 0 spiro atoms. The van der Waals surface area contributed by atoms with Crippen LogP contribution in [0.1, 0.15) is 6.92 Å². The summed E-state index contributed by atoms with van der Waals surface area (Å²) in [7, 11) is 0. The quantitative estimate of drug-likeness (QED) is 0.529. The summed E-state index contributed by atoms with van der Waals surface area (Å²) in [5.74, 6) is -1.93. The molecule has 11 heavy (non-hydrogen) atoms. The zero-order chi connectivity index (χ0) is 8.85. The Hall–Kier alpha value is -1.57. The largest absolute Gasteiger partial charge is 0.480 e. The Kier molecular flexibility index (Phi) is 3.67.